The number of nitrogens with zero attached hydrogens (tertiary/aromatic N) is 2. The van der Waals surface area contributed by atoms with Gasteiger partial charge in [0, 0.05) is 51.2 Å². The third-order valence-electron chi connectivity index (χ3n) is 8.43. The lowest BCUT2D eigenvalue weighted by atomic mass is 9.90. The van der Waals surface area contributed by atoms with E-state index in [1.54, 1.807) is 0 Å². The van der Waals surface area contributed by atoms with Crippen molar-refractivity contribution < 1.29 is 4.74 Å². The van der Waals surface area contributed by atoms with Gasteiger partial charge >= 0.3 is 0 Å². The number of hydrogen-bond acceptors (Lipinski definition) is 4. The summed E-state index contributed by atoms with van der Waals surface area (Å²) in [5, 5.41) is 3.65. The molecule has 0 bridgehead atoms. The molecule has 1 atom stereocenters. The molecule has 2 aliphatic heterocycles. The van der Waals surface area contributed by atoms with Crippen LogP contribution < -0.4 is 10.1 Å². The predicted molar refractivity (Wildman–Crippen MR) is 158 cm³/mol. The maximum absolute atomic E-state index is 6.47. The van der Waals surface area contributed by atoms with Crippen LogP contribution in [-0.4, -0.2) is 61.2 Å². The number of rotatable bonds is 11. The summed E-state index contributed by atoms with van der Waals surface area (Å²) in [7, 11) is 0. The molecule has 0 radical (unpaired) electrons. The molecule has 1 unspecified atom stereocenters. The second-order valence-corrected chi connectivity index (χ2v) is 11.2. The third kappa shape index (κ3) is 7.69. The summed E-state index contributed by atoms with van der Waals surface area (Å²) in [6.45, 7) is 9.93. The first-order valence-corrected chi connectivity index (χ1v) is 14.8. The van der Waals surface area contributed by atoms with Crippen LogP contribution >= 0.6 is 0 Å². The van der Waals surface area contributed by atoms with Gasteiger partial charge in [-0.05, 0) is 68.0 Å². The Morgan fingerprint density at radius 1 is 0.816 bits per heavy atom. The quantitative estimate of drug-likeness (QED) is 0.305. The smallest absolute Gasteiger partial charge is 0.120 e. The Hall–Kier alpha value is -2.66. The van der Waals surface area contributed by atoms with E-state index in [1.165, 1.54) is 42.5 Å². The van der Waals surface area contributed by atoms with Crippen LogP contribution in [0.3, 0.4) is 0 Å². The Bertz CT molecular complexity index is 1040. The van der Waals surface area contributed by atoms with E-state index in [0.29, 0.717) is 12.0 Å². The van der Waals surface area contributed by atoms with Gasteiger partial charge in [0.05, 0.1) is 0 Å². The molecule has 1 N–H and O–H groups in total. The average molecular weight is 512 g/mol. The first kappa shape index (κ1) is 26.9. The summed E-state index contributed by atoms with van der Waals surface area (Å²) in [5.74, 6) is 1.41. The Kier molecular flexibility index (Phi) is 9.87. The van der Waals surface area contributed by atoms with Crippen molar-refractivity contribution >= 4 is 0 Å². The van der Waals surface area contributed by atoms with E-state index in [2.05, 4.69) is 107 Å². The Balaban J connectivity index is 1.08. The van der Waals surface area contributed by atoms with Crippen LogP contribution in [0.2, 0.25) is 0 Å². The van der Waals surface area contributed by atoms with E-state index in [9.17, 15) is 0 Å². The summed E-state index contributed by atoms with van der Waals surface area (Å²) in [6, 6.07) is 31.3. The molecule has 5 rings (SSSR count). The van der Waals surface area contributed by atoms with Crippen molar-refractivity contribution in [3.63, 3.8) is 0 Å². The van der Waals surface area contributed by atoms with Crippen molar-refractivity contribution in [2.75, 3.05) is 39.3 Å². The molecule has 3 aromatic carbocycles. The van der Waals surface area contributed by atoms with Crippen molar-refractivity contribution in [1.82, 2.24) is 15.1 Å². The molecular weight excluding hydrogens is 466 g/mol. The Morgan fingerprint density at radius 3 is 2.21 bits per heavy atom. The zero-order valence-corrected chi connectivity index (χ0v) is 23.1. The van der Waals surface area contributed by atoms with Crippen LogP contribution in [0.25, 0.3) is 0 Å². The minimum absolute atomic E-state index is 0.293. The van der Waals surface area contributed by atoms with Gasteiger partial charge in [0.1, 0.15) is 11.9 Å². The van der Waals surface area contributed by atoms with Gasteiger partial charge in [-0.2, -0.15) is 0 Å². The van der Waals surface area contributed by atoms with E-state index in [4.69, 9.17) is 4.74 Å². The van der Waals surface area contributed by atoms with Crippen LogP contribution in [0.4, 0.5) is 0 Å². The fourth-order valence-electron chi connectivity index (χ4n) is 6.11. The standard InChI is InChI=1S/C34H45N3O/c1-28-11-8-9-21-37(28)24-20-35-26-29-12-10-17-33(25-29)38-32-18-22-36(23-19-32)27-34(30-13-4-2-5-14-30)31-15-6-3-7-16-31/h2-7,10,12-17,25,28,32,34-35H,8-9,11,18-24,26-27H2,1H3. The second kappa shape index (κ2) is 13.9. The highest BCUT2D eigenvalue weighted by molar-refractivity contribution is 5.33. The normalized spacial score (nSPS) is 19.6. The number of nitrogens with one attached hydrogen (secondary N) is 1. The molecule has 2 heterocycles. The molecule has 2 saturated heterocycles. The van der Waals surface area contributed by atoms with Gasteiger partial charge in [0.2, 0.25) is 0 Å². The molecule has 0 saturated carbocycles. The molecule has 2 fully saturated rings. The number of benzene rings is 3. The Morgan fingerprint density at radius 2 is 1.53 bits per heavy atom. The molecule has 202 valence electrons. The zero-order chi connectivity index (χ0) is 26.0. The average Bonchev–Trinajstić information content (AvgIpc) is 2.97. The van der Waals surface area contributed by atoms with Gasteiger partial charge in [-0.1, -0.05) is 79.2 Å². The molecule has 4 heteroatoms. The van der Waals surface area contributed by atoms with Crippen molar-refractivity contribution in [1.29, 1.82) is 0 Å². The van der Waals surface area contributed by atoms with Crippen LogP contribution in [0, 0.1) is 0 Å². The maximum atomic E-state index is 6.47. The van der Waals surface area contributed by atoms with Crippen LogP contribution in [-0.2, 0) is 6.54 Å². The van der Waals surface area contributed by atoms with Gasteiger partial charge in [-0.25, -0.2) is 0 Å². The summed E-state index contributed by atoms with van der Waals surface area (Å²) in [4.78, 5) is 5.25. The number of ether oxygens (including phenoxy) is 1. The van der Waals surface area contributed by atoms with Gasteiger partial charge in [-0.3, -0.25) is 4.90 Å². The SMILES string of the molecule is CC1CCCCN1CCNCc1cccc(OC2CCN(CC(c3ccccc3)c3ccccc3)CC2)c1. The first-order chi connectivity index (χ1) is 18.7. The van der Waals surface area contributed by atoms with Gasteiger partial charge < -0.3 is 15.0 Å². The molecular formula is C34H45N3O. The molecule has 4 nitrogen and oxygen atoms in total. The minimum atomic E-state index is 0.293. The summed E-state index contributed by atoms with van der Waals surface area (Å²) in [5.41, 5.74) is 4.10. The van der Waals surface area contributed by atoms with Crippen LogP contribution in [0.15, 0.2) is 84.9 Å². The predicted octanol–water partition coefficient (Wildman–Crippen LogP) is 6.33. The number of hydrogen-bond donors (Lipinski definition) is 1. The largest absolute Gasteiger partial charge is 0.490 e. The van der Waals surface area contributed by atoms with Crippen molar-refractivity contribution in [2.24, 2.45) is 0 Å². The van der Waals surface area contributed by atoms with Gasteiger partial charge in [-0.15, -0.1) is 0 Å². The van der Waals surface area contributed by atoms with E-state index in [-0.39, 0.29) is 0 Å². The summed E-state index contributed by atoms with van der Waals surface area (Å²) >= 11 is 0. The Labute approximate surface area is 230 Å². The minimum Gasteiger partial charge on any atom is -0.490 e. The van der Waals surface area contributed by atoms with E-state index in [1.807, 2.05) is 0 Å². The van der Waals surface area contributed by atoms with Crippen molar-refractivity contribution in [3.05, 3.63) is 102 Å². The molecule has 38 heavy (non-hydrogen) atoms. The maximum Gasteiger partial charge on any atom is 0.120 e. The van der Waals surface area contributed by atoms with Crippen LogP contribution in [0.5, 0.6) is 5.75 Å². The lowest BCUT2D eigenvalue weighted by molar-refractivity contribution is 0.0987. The highest BCUT2D eigenvalue weighted by Gasteiger charge is 2.24. The van der Waals surface area contributed by atoms with Gasteiger partial charge in [0.15, 0.2) is 0 Å². The molecule has 0 spiro atoms. The molecule has 0 amide bonds. The lowest BCUT2D eigenvalue weighted by Gasteiger charge is -2.34. The monoisotopic (exact) mass is 511 g/mol. The van der Waals surface area contributed by atoms with Crippen molar-refractivity contribution in [3.8, 4) is 5.75 Å². The molecule has 2 aliphatic rings. The van der Waals surface area contributed by atoms with E-state index in [0.717, 1.165) is 63.9 Å². The topological polar surface area (TPSA) is 27.7 Å². The fourth-order valence-corrected chi connectivity index (χ4v) is 6.11. The zero-order valence-electron chi connectivity index (χ0n) is 23.1. The first-order valence-electron chi connectivity index (χ1n) is 14.8. The summed E-state index contributed by atoms with van der Waals surface area (Å²) in [6.07, 6.45) is 6.53. The van der Waals surface area contributed by atoms with E-state index < -0.39 is 0 Å². The molecule has 3 aromatic rings. The number of piperidine rings is 2. The molecule has 0 aliphatic carbocycles. The second-order valence-electron chi connectivity index (χ2n) is 11.2. The summed E-state index contributed by atoms with van der Waals surface area (Å²) < 4.78 is 6.47. The lowest BCUT2D eigenvalue weighted by Crippen LogP contribution is -2.41. The molecule has 0 aromatic heterocycles. The number of likely N-dealkylation sites (tertiary alicyclic amines) is 2. The highest BCUT2D eigenvalue weighted by Crippen LogP contribution is 2.28. The van der Waals surface area contributed by atoms with E-state index >= 15 is 0 Å². The van der Waals surface area contributed by atoms with Gasteiger partial charge in [0.25, 0.3) is 0 Å². The third-order valence-corrected chi connectivity index (χ3v) is 8.43. The fraction of sp³-hybridized carbons (Fsp3) is 0.471. The van der Waals surface area contributed by atoms with Crippen molar-refractivity contribution in [2.45, 2.75) is 63.6 Å². The van der Waals surface area contributed by atoms with Crippen LogP contribution in [0.1, 0.15) is 61.6 Å². The highest BCUT2D eigenvalue weighted by atomic mass is 16.5.